The lowest BCUT2D eigenvalue weighted by Crippen LogP contribution is -2.38. The molecule has 0 saturated carbocycles. The Morgan fingerprint density at radius 1 is 1.17 bits per heavy atom. The molecule has 1 saturated heterocycles. The van der Waals surface area contributed by atoms with Crippen LogP contribution >= 0.6 is 11.6 Å². The highest BCUT2D eigenvalue weighted by Gasteiger charge is 2.48. The van der Waals surface area contributed by atoms with E-state index in [0.29, 0.717) is 41.2 Å². The summed E-state index contributed by atoms with van der Waals surface area (Å²) in [7, 11) is 1.55. The SMILES string of the molecule is COc1ccc(Cl)c(N2CCC(Oc3ccc(N4N=C(C(F)(F)F)[C@@H](C)[C@@H]4CC(=O)O)cc3)CC2)n1. The zero-order valence-corrected chi connectivity index (χ0v) is 20.5. The third kappa shape index (κ3) is 5.61. The van der Waals surface area contributed by atoms with Crippen LogP contribution in [0.3, 0.4) is 0 Å². The molecule has 194 valence electrons. The van der Waals surface area contributed by atoms with Crippen molar-refractivity contribution in [2.45, 2.75) is 44.5 Å². The number of carboxylic acid groups (broad SMARTS) is 1. The summed E-state index contributed by atoms with van der Waals surface area (Å²) < 4.78 is 51.4. The van der Waals surface area contributed by atoms with Crippen molar-refractivity contribution in [3.05, 3.63) is 41.4 Å². The summed E-state index contributed by atoms with van der Waals surface area (Å²) in [6.45, 7) is 2.71. The lowest BCUT2D eigenvalue weighted by Gasteiger charge is -2.33. The number of hydrogen-bond acceptors (Lipinski definition) is 7. The summed E-state index contributed by atoms with van der Waals surface area (Å²) in [4.78, 5) is 17.8. The molecule has 0 amide bonds. The molecule has 3 heterocycles. The van der Waals surface area contributed by atoms with E-state index in [1.54, 1.807) is 43.5 Å². The number of hydrazone groups is 1. The topological polar surface area (TPSA) is 87.5 Å². The number of halogens is 4. The molecule has 0 aliphatic carbocycles. The fourth-order valence-corrected chi connectivity index (χ4v) is 4.71. The Kier molecular flexibility index (Phi) is 7.49. The van der Waals surface area contributed by atoms with Gasteiger partial charge in [-0.1, -0.05) is 18.5 Å². The molecule has 1 aromatic carbocycles. The summed E-state index contributed by atoms with van der Waals surface area (Å²) >= 11 is 6.30. The monoisotopic (exact) mass is 526 g/mol. The third-order valence-electron chi connectivity index (χ3n) is 6.37. The molecule has 12 heteroatoms. The quantitative estimate of drug-likeness (QED) is 0.542. The fourth-order valence-electron chi connectivity index (χ4n) is 4.49. The van der Waals surface area contributed by atoms with Crippen molar-refractivity contribution in [3.8, 4) is 11.6 Å². The van der Waals surface area contributed by atoms with Gasteiger partial charge in [-0.25, -0.2) is 0 Å². The second-order valence-corrected chi connectivity index (χ2v) is 9.15. The van der Waals surface area contributed by atoms with Crippen molar-refractivity contribution in [1.82, 2.24) is 4.98 Å². The average molecular weight is 527 g/mol. The predicted octanol–water partition coefficient (Wildman–Crippen LogP) is 5.01. The molecule has 0 bridgehead atoms. The Morgan fingerprint density at radius 3 is 2.42 bits per heavy atom. The van der Waals surface area contributed by atoms with Crippen LogP contribution in [0.25, 0.3) is 0 Å². The van der Waals surface area contributed by atoms with Crippen molar-refractivity contribution in [1.29, 1.82) is 0 Å². The molecule has 4 rings (SSSR count). The molecule has 36 heavy (non-hydrogen) atoms. The lowest BCUT2D eigenvalue weighted by molar-refractivity contribution is -0.137. The third-order valence-corrected chi connectivity index (χ3v) is 6.66. The molecule has 1 aromatic heterocycles. The summed E-state index contributed by atoms with van der Waals surface area (Å²) in [5, 5.41) is 14.6. The number of nitrogens with zero attached hydrogens (tertiary/aromatic N) is 4. The van der Waals surface area contributed by atoms with Crippen LogP contribution in [-0.2, 0) is 4.79 Å². The number of aromatic nitrogens is 1. The normalized spacial score (nSPS) is 20.9. The van der Waals surface area contributed by atoms with Gasteiger partial charge in [-0.2, -0.15) is 23.3 Å². The van der Waals surface area contributed by atoms with E-state index in [2.05, 4.69) is 15.0 Å². The Balaban J connectivity index is 1.41. The van der Waals surface area contributed by atoms with Gasteiger partial charge in [0, 0.05) is 37.9 Å². The highest BCUT2D eigenvalue weighted by molar-refractivity contribution is 6.33. The number of rotatable bonds is 7. The molecular formula is C24H26ClF3N4O4. The maximum absolute atomic E-state index is 13.4. The second kappa shape index (κ2) is 10.4. The molecule has 2 aromatic rings. The smallest absolute Gasteiger partial charge is 0.431 e. The Bertz CT molecular complexity index is 1120. The van der Waals surface area contributed by atoms with Crippen LogP contribution in [0, 0.1) is 5.92 Å². The minimum absolute atomic E-state index is 0.0575. The van der Waals surface area contributed by atoms with Gasteiger partial charge in [-0.05, 0) is 30.3 Å². The number of pyridine rings is 1. The van der Waals surface area contributed by atoms with Crippen LogP contribution in [0.5, 0.6) is 11.6 Å². The average Bonchev–Trinajstić information content (AvgIpc) is 3.16. The number of aliphatic carboxylic acids is 1. The van der Waals surface area contributed by atoms with Gasteiger partial charge in [0.15, 0.2) is 5.82 Å². The van der Waals surface area contributed by atoms with E-state index in [4.69, 9.17) is 21.1 Å². The number of carboxylic acids is 1. The lowest BCUT2D eigenvalue weighted by atomic mass is 9.94. The summed E-state index contributed by atoms with van der Waals surface area (Å²) in [5.74, 6) is -0.551. The molecular weight excluding hydrogens is 501 g/mol. The van der Waals surface area contributed by atoms with Gasteiger partial charge >= 0.3 is 12.1 Å². The Labute approximate surface area is 211 Å². The molecule has 2 aliphatic rings. The van der Waals surface area contributed by atoms with Crippen LogP contribution < -0.4 is 19.4 Å². The Hall–Kier alpha value is -3.21. The maximum atomic E-state index is 13.4. The zero-order valence-electron chi connectivity index (χ0n) is 19.7. The first-order valence-electron chi connectivity index (χ1n) is 11.5. The summed E-state index contributed by atoms with van der Waals surface area (Å²) in [6.07, 6.45) is -3.71. The van der Waals surface area contributed by atoms with E-state index in [1.165, 1.54) is 6.92 Å². The van der Waals surface area contributed by atoms with Crippen molar-refractivity contribution >= 4 is 34.8 Å². The molecule has 0 radical (unpaired) electrons. The van der Waals surface area contributed by atoms with E-state index in [-0.39, 0.29) is 6.10 Å². The van der Waals surface area contributed by atoms with Crippen LogP contribution in [0.4, 0.5) is 24.7 Å². The molecule has 2 aliphatic heterocycles. The van der Waals surface area contributed by atoms with Crippen LogP contribution in [0.15, 0.2) is 41.5 Å². The number of anilines is 2. The van der Waals surface area contributed by atoms with Crippen LogP contribution in [0.2, 0.25) is 5.02 Å². The van der Waals surface area contributed by atoms with Gasteiger partial charge in [0.25, 0.3) is 0 Å². The first-order valence-corrected chi connectivity index (χ1v) is 11.8. The Morgan fingerprint density at radius 2 is 1.83 bits per heavy atom. The van der Waals surface area contributed by atoms with Crippen molar-refractivity contribution in [2.75, 3.05) is 30.1 Å². The molecule has 2 atom stereocenters. The number of methoxy groups -OCH3 is 1. The molecule has 0 unspecified atom stereocenters. The molecule has 1 N–H and O–H groups in total. The molecule has 1 fully saturated rings. The van der Waals surface area contributed by atoms with Crippen LogP contribution in [0.1, 0.15) is 26.2 Å². The largest absolute Gasteiger partial charge is 0.490 e. The minimum Gasteiger partial charge on any atom is -0.490 e. The minimum atomic E-state index is -4.63. The van der Waals surface area contributed by atoms with E-state index in [0.717, 1.165) is 17.9 Å². The van der Waals surface area contributed by atoms with Crippen molar-refractivity contribution in [2.24, 2.45) is 11.0 Å². The highest BCUT2D eigenvalue weighted by atomic mass is 35.5. The fraction of sp³-hybridized carbons (Fsp3) is 0.458. The first kappa shape index (κ1) is 25.9. The number of carbonyl (C=O) groups is 1. The molecule has 0 spiro atoms. The summed E-state index contributed by atoms with van der Waals surface area (Å²) in [6, 6.07) is 9.01. The van der Waals surface area contributed by atoms with Crippen molar-refractivity contribution < 1.29 is 32.5 Å². The number of benzene rings is 1. The molecule has 8 nitrogen and oxygen atoms in total. The number of ether oxygens (including phenoxy) is 2. The standard InChI is InChI=1S/C24H26ClF3N4O4/c1-14-19(13-21(33)34)32(30-22(14)24(26,27)28)15-3-5-16(6-4-15)36-17-9-11-31(12-10-17)23-18(25)7-8-20(29-23)35-2/h3-8,14,17,19H,9-13H2,1-2H3,(H,33,34)/t14-,19-/m0/s1. The maximum Gasteiger partial charge on any atom is 0.431 e. The number of hydrogen-bond donors (Lipinski definition) is 1. The highest BCUT2D eigenvalue weighted by Crippen LogP contribution is 2.37. The van der Waals surface area contributed by atoms with Gasteiger partial charge < -0.3 is 19.5 Å². The van der Waals surface area contributed by atoms with E-state index in [9.17, 15) is 23.1 Å². The van der Waals surface area contributed by atoms with Gasteiger partial charge in [0.2, 0.25) is 5.88 Å². The number of alkyl halides is 3. The number of piperidine rings is 1. The zero-order chi connectivity index (χ0) is 26.0. The predicted molar refractivity (Wildman–Crippen MR) is 129 cm³/mol. The van der Waals surface area contributed by atoms with E-state index < -0.39 is 36.2 Å². The second-order valence-electron chi connectivity index (χ2n) is 8.74. The van der Waals surface area contributed by atoms with Gasteiger partial charge in [0.05, 0.1) is 30.3 Å². The van der Waals surface area contributed by atoms with Crippen molar-refractivity contribution in [3.63, 3.8) is 0 Å². The van der Waals surface area contributed by atoms with Gasteiger partial charge in [0.1, 0.15) is 17.6 Å². The van der Waals surface area contributed by atoms with E-state index in [1.807, 2.05) is 0 Å². The van der Waals surface area contributed by atoms with Gasteiger partial charge in [-0.3, -0.25) is 9.80 Å². The van der Waals surface area contributed by atoms with E-state index >= 15 is 0 Å². The van der Waals surface area contributed by atoms with Crippen LogP contribution in [-0.4, -0.2) is 60.3 Å². The van der Waals surface area contributed by atoms with Gasteiger partial charge in [-0.15, -0.1) is 0 Å². The first-order chi connectivity index (χ1) is 17.1. The summed E-state index contributed by atoms with van der Waals surface area (Å²) in [5.41, 5.74) is -0.611.